The second kappa shape index (κ2) is 8.29. The number of aryl methyl sites for hydroxylation is 2. The lowest BCUT2D eigenvalue weighted by Gasteiger charge is -2.27. The number of anilines is 1. The third-order valence-corrected chi connectivity index (χ3v) is 3.30. The number of amides is 2. The zero-order chi connectivity index (χ0) is 22.9. The van der Waals surface area contributed by atoms with Gasteiger partial charge in [0.2, 0.25) is 11.9 Å². The Hall–Kier alpha value is -3.17. The van der Waals surface area contributed by atoms with Crippen molar-refractivity contribution in [1.82, 2.24) is 19.9 Å². The monoisotopic (exact) mass is 419 g/mol. The summed E-state index contributed by atoms with van der Waals surface area (Å²) in [5.41, 5.74) is -1.10. The van der Waals surface area contributed by atoms with Gasteiger partial charge in [-0.15, -0.1) is 4.90 Å². The normalized spacial score (nSPS) is 11.8. The number of imide groups is 1. The molecule has 9 nitrogen and oxygen atoms in total. The van der Waals surface area contributed by atoms with Gasteiger partial charge in [0.1, 0.15) is 17.0 Å². The predicted octanol–water partition coefficient (Wildman–Crippen LogP) is 4.37. The molecule has 0 aliphatic carbocycles. The van der Waals surface area contributed by atoms with Crippen LogP contribution in [0.4, 0.5) is 19.9 Å². The molecule has 0 fully saturated rings. The van der Waals surface area contributed by atoms with Crippen LogP contribution in [0, 0.1) is 19.8 Å². The minimum Gasteiger partial charge on any atom is -0.443 e. The van der Waals surface area contributed by atoms with Gasteiger partial charge in [-0.3, -0.25) is 0 Å². The summed E-state index contributed by atoms with van der Waals surface area (Å²) in [5.74, 6) is -1.06. The van der Waals surface area contributed by atoms with E-state index >= 15 is 0 Å². The molecule has 2 rings (SSSR count). The number of hydrogen-bond acceptors (Lipinski definition) is 8. The van der Waals surface area contributed by atoms with Crippen molar-refractivity contribution in [3.63, 3.8) is 0 Å². The van der Waals surface area contributed by atoms with Crippen LogP contribution >= 0.6 is 0 Å². The maximum Gasteiger partial charge on any atom is 0.427 e. The topological polar surface area (TPSA) is 107 Å². The molecular formula is C20H26FN5O4. The van der Waals surface area contributed by atoms with E-state index in [9.17, 15) is 14.0 Å². The molecule has 0 atom stereocenters. The SMILES string of the molecule is Cc1cnc(F)c(-c2nc(C)nc(N(C(=O)OC(C)(C)C)C(=O)OC(C)(C)C)n2)c1. The lowest BCUT2D eigenvalue weighted by atomic mass is 10.2. The third-order valence-electron chi connectivity index (χ3n) is 3.30. The Kier molecular flexibility index (Phi) is 6.39. The molecule has 0 spiro atoms. The molecular weight excluding hydrogens is 393 g/mol. The molecule has 0 aliphatic rings. The zero-order valence-electron chi connectivity index (χ0n) is 18.4. The van der Waals surface area contributed by atoms with Crippen molar-refractivity contribution in [2.45, 2.75) is 66.6 Å². The minimum atomic E-state index is -1.03. The van der Waals surface area contributed by atoms with E-state index in [1.807, 2.05) is 0 Å². The van der Waals surface area contributed by atoms with Crippen molar-refractivity contribution in [2.24, 2.45) is 0 Å². The van der Waals surface area contributed by atoms with Gasteiger partial charge < -0.3 is 9.47 Å². The number of ether oxygens (including phenoxy) is 2. The Morgan fingerprint density at radius 1 is 0.933 bits per heavy atom. The first-order chi connectivity index (χ1) is 13.7. The summed E-state index contributed by atoms with van der Waals surface area (Å²) in [6.07, 6.45) is -0.700. The summed E-state index contributed by atoms with van der Waals surface area (Å²) in [5, 5.41) is 0. The standard InChI is InChI=1S/C20H26FN5O4/c1-11-9-13(14(21)22-10-11)15-23-12(2)24-16(25-15)26(17(27)29-19(3,4)5)18(28)30-20(6,7)8/h9-10H,1-8H3. The van der Waals surface area contributed by atoms with Crippen molar-refractivity contribution >= 4 is 18.1 Å². The Labute approximate surface area is 174 Å². The molecule has 0 bridgehead atoms. The maximum atomic E-state index is 14.3. The molecule has 0 aromatic carbocycles. The van der Waals surface area contributed by atoms with Crippen LogP contribution in [0.3, 0.4) is 0 Å². The Balaban J connectivity index is 2.60. The molecule has 0 radical (unpaired) electrons. The fourth-order valence-electron chi connectivity index (χ4n) is 2.25. The van der Waals surface area contributed by atoms with Crippen LogP contribution in [0.1, 0.15) is 52.9 Å². The van der Waals surface area contributed by atoms with Crippen LogP contribution in [0.15, 0.2) is 12.3 Å². The van der Waals surface area contributed by atoms with E-state index in [1.54, 1.807) is 48.5 Å². The van der Waals surface area contributed by atoms with Gasteiger partial charge in [0.05, 0.1) is 5.56 Å². The molecule has 0 unspecified atom stereocenters. The maximum absolute atomic E-state index is 14.3. The van der Waals surface area contributed by atoms with Gasteiger partial charge in [-0.25, -0.2) is 19.6 Å². The first-order valence-corrected chi connectivity index (χ1v) is 9.27. The quantitative estimate of drug-likeness (QED) is 0.661. The highest BCUT2D eigenvalue weighted by atomic mass is 19.1. The predicted molar refractivity (Wildman–Crippen MR) is 107 cm³/mol. The Morgan fingerprint density at radius 3 is 1.97 bits per heavy atom. The minimum absolute atomic E-state index is 0.00933. The van der Waals surface area contributed by atoms with E-state index in [-0.39, 0.29) is 23.2 Å². The van der Waals surface area contributed by atoms with Gasteiger partial charge in [-0.05, 0) is 67.0 Å². The summed E-state index contributed by atoms with van der Waals surface area (Å²) in [6.45, 7) is 13.2. The largest absolute Gasteiger partial charge is 0.443 e. The molecule has 2 aromatic heterocycles. The number of nitrogens with zero attached hydrogens (tertiary/aromatic N) is 5. The Morgan fingerprint density at radius 2 is 1.47 bits per heavy atom. The number of carbonyl (C=O) groups is 2. The molecule has 0 N–H and O–H groups in total. The van der Waals surface area contributed by atoms with Crippen molar-refractivity contribution in [1.29, 1.82) is 0 Å². The van der Waals surface area contributed by atoms with Crippen LogP contribution in [0.5, 0.6) is 0 Å². The van der Waals surface area contributed by atoms with Gasteiger partial charge in [-0.2, -0.15) is 14.4 Å². The Bertz CT molecular complexity index is 939. The summed E-state index contributed by atoms with van der Waals surface area (Å²) < 4.78 is 24.9. The second-order valence-electron chi connectivity index (χ2n) is 8.65. The molecule has 0 aliphatic heterocycles. The summed E-state index contributed by atoms with van der Waals surface area (Å²) in [7, 11) is 0. The van der Waals surface area contributed by atoms with Gasteiger partial charge in [0, 0.05) is 6.20 Å². The van der Waals surface area contributed by atoms with Crippen molar-refractivity contribution < 1.29 is 23.5 Å². The van der Waals surface area contributed by atoms with Gasteiger partial charge in [0.15, 0.2) is 5.82 Å². The average molecular weight is 419 g/mol. The molecule has 30 heavy (non-hydrogen) atoms. The van der Waals surface area contributed by atoms with E-state index in [1.165, 1.54) is 19.2 Å². The van der Waals surface area contributed by atoms with Crippen LogP contribution < -0.4 is 4.90 Å². The number of halogens is 1. The number of pyridine rings is 1. The van der Waals surface area contributed by atoms with Gasteiger partial charge >= 0.3 is 12.2 Å². The molecule has 162 valence electrons. The first kappa shape index (κ1) is 23.1. The second-order valence-corrected chi connectivity index (χ2v) is 8.65. The van der Waals surface area contributed by atoms with Crippen LogP contribution in [-0.4, -0.2) is 43.3 Å². The first-order valence-electron chi connectivity index (χ1n) is 9.27. The fraction of sp³-hybridized carbons (Fsp3) is 0.500. The van der Waals surface area contributed by atoms with Crippen LogP contribution in [-0.2, 0) is 9.47 Å². The lowest BCUT2D eigenvalue weighted by Crippen LogP contribution is -2.44. The van der Waals surface area contributed by atoms with Gasteiger partial charge in [0.25, 0.3) is 0 Å². The number of hydrogen-bond donors (Lipinski definition) is 0. The van der Waals surface area contributed by atoms with Crippen LogP contribution in [0.25, 0.3) is 11.4 Å². The van der Waals surface area contributed by atoms with Crippen LogP contribution in [0.2, 0.25) is 0 Å². The molecule has 0 saturated carbocycles. The summed E-state index contributed by atoms with van der Waals surface area (Å²) in [4.78, 5) is 42.1. The zero-order valence-corrected chi connectivity index (χ0v) is 18.4. The fourth-order valence-corrected chi connectivity index (χ4v) is 2.25. The highest BCUT2D eigenvalue weighted by Gasteiger charge is 2.35. The van der Waals surface area contributed by atoms with Gasteiger partial charge in [-0.1, -0.05) is 0 Å². The molecule has 2 aromatic rings. The van der Waals surface area contributed by atoms with E-state index < -0.39 is 29.3 Å². The van der Waals surface area contributed by atoms with E-state index in [0.717, 1.165) is 0 Å². The lowest BCUT2D eigenvalue weighted by molar-refractivity contribution is 0.0427. The molecule has 0 saturated heterocycles. The molecule has 10 heteroatoms. The molecule has 2 heterocycles. The highest BCUT2D eigenvalue weighted by molar-refractivity contribution is 6.08. The smallest absolute Gasteiger partial charge is 0.427 e. The van der Waals surface area contributed by atoms with E-state index in [4.69, 9.17) is 9.47 Å². The summed E-state index contributed by atoms with van der Waals surface area (Å²) in [6, 6.07) is 1.51. The summed E-state index contributed by atoms with van der Waals surface area (Å²) >= 11 is 0. The number of rotatable bonds is 2. The van der Waals surface area contributed by atoms with Crippen molar-refractivity contribution in [3.8, 4) is 11.4 Å². The van der Waals surface area contributed by atoms with Crippen molar-refractivity contribution in [2.75, 3.05) is 4.90 Å². The van der Waals surface area contributed by atoms with E-state index in [0.29, 0.717) is 10.5 Å². The van der Waals surface area contributed by atoms with E-state index in [2.05, 4.69) is 19.9 Å². The van der Waals surface area contributed by atoms with Crippen molar-refractivity contribution in [3.05, 3.63) is 29.6 Å². The number of carbonyl (C=O) groups excluding carboxylic acids is 2. The number of aromatic nitrogens is 4. The third kappa shape index (κ3) is 6.16. The highest BCUT2D eigenvalue weighted by Crippen LogP contribution is 2.23. The average Bonchev–Trinajstić information content (AvgIpc) is 2.53. The molecule has 2 amide bonds.